The van der Waals surface area contributed by atoms with Crippen LogP contribution in [0, 0.1) is 0 Å². The summed E-state index contributed by atoms with van der Waals surface area (Å²) in [7, 11) is 0. The number of nitrogens with one attached hydrogen (secondary N) is 1. The monoisotopic (exact) mass is 1220 g/mol. The number of esters is 1. The van der Waals surface area contributed by atoms with Crippen LogP contribution in [0.2, 0.25) is 0 Å². The first-order valence-corrected chi connectivity index (χ1v) is 36.0. The topological polar surface area (TPSA) is 175 Å². The van der Waals surface area contributed by atoms with E-state index in [0.717, 1.165) is 109 Å². The number of allylic oxidation sites excluding steroid dienone is 15. The van der Waals surface area contributed by atoms with Crippen molar-refractivity contribution < 1.29 is 49.3 Å². The fourth-order valence-electron chi connectivity index (χ4n) is 10.8. The van der Waals surface area contributed by atoms with Gasteiger partial charge in [0, 0.05) is 6.42 Å². The Morgan fingerprint density at radius 2 is 0.793 bits per heavy atom. The number of rotatable bonds is 61. The number of carbonyl (C=O) groups excluding carboxylic acids is 2. The van der Waals surface area contributed by atoms with E-state index in [1.54, 1.807) is 6.08 Å². The van der Waals surface area contributed by atoms with Crippen LogP contribution in [0.3, 0.4) is 0 Å². The molecule has 0 aromatic heterocycles. The summed E-state index contributed by atoms with van der Waals surface area (Å²) >= 11 is 0. The van der Waals surface area contributed by atoms with E-state index in [9.17, 15) is 35.1 Å². The van der Waals surface area contributed by atoms with Gasteiger partial charge in [0.25, 0.3) is 0 Å². The van der Waals surface area contributed by atoms with Crippen molar-refractivity contribution in [3.05, 3.63) is 97.2 Å². The van der Waals surface area contributed by atoms with Gasteiger partial charge in [0.1, 0.15) is 24.4 Å². The Labute approximate surface area is 533 Å². The van der Waals surface area contributed by atoms with Crippen molar-refractivity contribution >= 4 is 11.9 Å². The highest BCUT2D eigenvalue weighted by molar-refractivity contribution is 5.80. The van der Waals surface area contributed by atoms with Crippen molar-refractivity contribution in [1.82, 2.24) is 5.32 Å². The van der Waals surface area contributed by atoms with Gasteiger partial charge in [0.15, 0.2) is 12.4 Å². The minimum absolute atomic E-state index is 0.112. The second-order valence-corrected chi connectivity index (χ2v) is 24.6. The van der Waals surface area contributed by atoms with E-state index in [4.69, 9.17) is 14.2 Å². The molecule has 0 saturated carbocycles. The largest absolute Gasteiger partial charge is 0.454 e. The number of ether oxygens (including phenoxy) is 3. The van der Waals surface area contributed by atoms with Crippen LogP contribution in [-0.4, -0.2) is 99.6 Å². The molecule has 6 N–H and O–H groups in total. The molecule has 0 aliphatic carbocycles. The van der Waals surface area contributed by atoms with E-state index in [1.807, 2.05) is 6.08 Å². The molecule has 0 bridgehead atoms. The normalized spacial score (nSPS) is 18.8. The second-order valence-electron chi connectivity index (χ2n) is 24.6. The first-order valence-electron chi connectivity index (χ1n) is 36.0. The molecule has 0 aromatic rings. The molecule has 0 radical (unpaired) electrons. The summed E-state index contributed by atoms with van der Waals surface area (Å²) in [6.45, 7) is 5.75. The van der Waals surface area contributed by atoms with Crippen molar-refractivity contribution in [3.8, 4) is 0 Å². The van der Waals surface area contributed by atoms with Gasteiger partial charge in [-0.15, -0.1) is 0 Å². The van der Waals surface area contributed by atoms with Crippen molar-refractivity contribution in [2.24, 2.45) is 0 Å². The Morgan fingerprint density at radius 1 is 0.448 bits per heavy atom. The third-order valence-corrected chi connectivity index (χ3v) is 16.5. The molecule has 87 heavy (non-hydrogen) atoms. The third-order valence-electron chi connectivity index (χ3n) is 16.5. The van der Waals surface area contributed by atoms with Gasteiger partial charge < -0.3 is 45.1 Å². The molecule has 11 nitrogen and oxygen atoms in total. The molecule has 1 saturated heterocycles. The average molecular weight is 1220 g/mol. The molecule has 1 rings (SSSR count). The first-order chi connectivity index (χ1) is 42.7. The molecule has 1 amide bonds. The van der Waals surface area contributed by atoms with Gasteiger partial charge in [0.2, 0.25) is 5.91 Å². The average Bonchev–Trinajstić information content (AvgIpc) is 3.12. The van der Waals surface area contributed by atoms with Crippen LogP contribution < -0.4 is 5.32 Å². The fourth-order valence-corrected chi connectivity index (χ4v) is 10.8. The SMILES string of the molecule is CCCCC/C=C\C/C=C\C/C=C\C/C=C\CCCCCCCCCCCC(=O)OC1C(OCC(NC(=O)C(O)CCCCCCCCCCC/C=C\C/C=C\C/C=C\CCCCC)C(O)/C=C/CCCCCCCCCCC)OC(CO)C(O)C1O. The Bertz CT molecular complexity index is 1790. The molecule has 0 spiro atoms. The van der Waals surface area contributed by atoms with Crippen LogP contribution in [0.25, 0.3) is 0 Å². The molecular weight excluding hydrogens is 1090 g/mol. The molecular formula is C76H133NO10. The minimum atomic E-state index is -1.62. The molecule has 11 heteroatoms. The lowest BCUT2D eigenvalue weighted by Crippen LogP contribution is -2.61. The van der Waals surface area contributed by atoms with Crippen LogP contribution in [0.5, 0.6) is 0 Å². The molecule has 1 aliphatic heterocycles. The maximum absolute atomic E-state index is 13.5. The zero-order chi connectivity index (χ0) is 63.1. The Balaban J connectivity index is 2.56. The van der Waals surface area contributed by atoms with E-state index >= 15 is 0 Å². The predicted molar refractivity (Wildman–Crippen MR) is 365 cm³/mol. The first kappa shape index (κ1) is 81.6. The molecule has 1 heterocycles. The number of carbonyl (C=O) groups is 2. The minimum Gasteiger partial charge on any atom is -0.454 e. The summed E-state index contributed by atoms with van der Waals surface area (Å²) in [5.41, 5.74) is 0. The van der Waals surface area contributed by atoms with Gasteiger partial charge in [0.05, 0.1) is 25.4 Å². The third kappa shape index (κ3) is 50.0. The summed E-state index contributed by atoms with van der Waals surface area (Å²) in [6, 6.07) is -1.03. The molecule has 8 unspecified atom stereocenters. The van der Waals surface area contributed by atoms with Gasteiger partial charge in [-0.2, -0.15) is 0 Å². The van der Waals surface area contributed by atoms with Crippen molar-refractivity contribution in [2.75, 3.05) is 13.2 Å². The van der Waals surface area contributed by atoms with E-state index in [1.165, 1.54) is 154 Å². The molecule has 1 fully saturated rings. The lowest BCUT2D eigenvalue weighted by molar-refractivity contribution is -0.305. The number of amides is 1. The summed E-state index contributed by atoms with van der Waals surface area (Å²) in [5.74, 6) is -1.20. The highest BCUT2D eigenvalue weighted by Crippen LogP contribution is 2.26. The van der Waals surface area contributed by atoms with Crippen LogP contribution in [0.4, 0.5) is 0 Å². The van der Waals surface area contributed by atoms with Gasteiger partial charge in [-0.05, 0) is 109 Å². The lowest BCUT2D eigenvalue weighted by Gasteiger charge is -2.41. The predicted octanol–water partition coefficient (Wildman–Crippen LogP) is 18.6. The Hall–Kier alpha value is -3.42. The van der Waals surface area contributed by atoms with Gasteiger partial charge >= 0.3 is 5.97 Å². The van der Waals surface area contributed by atoms with E-state index in [2.05, 4.69) is 111 Å². The van der Waals surface area contributed by atoms with Crippen LogP contribution >= 0.6 is 0 Å². The molecule has 8 atom stereocenters. The number of hydrogen-bond donors (Lipinski definition) is 6. The van der Waals surface area contributed by atoms with Crippen LogP contribution in [-0.2, 0) is 23.8 Å². The standard InChI is InChI=1S/C76H133NO10/c1-4-7-10-13-16-19-22-24-26-28-30-32-34-35-36-38-40-42-44-46-49-52-55-58-61-64-71(81)87-74-73(83)72(82)70(65-78)86-76(74)85-66-67(68(79)62-59-56-53-50-47-21-18-15-12-9-6-3)77-75(84)69(80)63-60-57-54-51-48-45-43-41-39-37-33-31-29-27-25-23-20-17-14-11-8-5-2/h16-17,19-20,24-27,30-33,35-36,59,62,67-70,72-74,76,78-80,82-83H,4-15,18,21-23,28-29,34,37-58,60-61,63-66H2,1-3H3,(H,77,84)/b19-16-,20-17-,26-24-,27-25-,32-30-,33-31-,36-35-,62-59+. The van der Waals surface area contributed by atoms with Crippen LogP contribution in [0.15, 0.2) is 97.2 Å². The van der Waals surface area contributed by atoms with E-state index in [-0.39, 0.29) is 19.4 Å². The zero-order valence-corrected chi connectivity index (χ0v) is 55.9. The quantitative estimate of drug-likeness (QED) is 0.0195. The maximum atomic E-state index is 13.5. The Morgan fingerprint density at radius 3 is 1.21 bits per heavy atom. The van der Waals surface area contributed by atoms with Crippen molar-refractivity contribution in [2.45, 2.75) is 359 Å². The summed E-state index contributed by atoms with van der Waals surface area (Å²) in [4.78, 5) is 26.7. The molecule has 1 aliphatic rings. The number of aliphatic hydroxyl groups excluding tert-OH is 5. The summed E-state index contributed by atoms with van der Waals surface area (Å²) in [6.07, 6.45) is 74.4. The van der Waals surface area contributed by atoms with Crippen molar-refractivity contribution in [3.63, 3.8) is 0 Å². The smallest absolute Gasteiger partial charge is 0.306 e. The van der Waals surface area contributed by atoms with Gasteiger partial charge in [-0.1, -0.05) is 291 Å². The van der Waals surface area contributed by atoms with Gasteiger partial charge in [-0.3, -0.25) is 9.59 Å². The number of aliphatic hydroxyl groups is 5. The highest BCUT2D eigenvalue weighted by atomic mass is 16.7. The van der Waals surface area contributed by atoms with E-state index in [0.29, 0.717) is 12.8 Å². The summed E-state index contributed by atoms with van der Waals surface area (Å²) < 4.78 is 17.7. The number of hydrogen-bond acceptors (Lipinski definition) is 10. The maximum Gasteiger partial charge on any atom is 0.306 e. The second kappa shape index (κ2) is 62.8. The number of unbranched alkanes of at least 4 members (excludes halogenated alkanes) is 33. The lowest BCUT2D eigenvalue weighted by atomic mass is 9.99. The van der Waals surface area contributed by atoms with E-state index < -0.39 is 67.4 Å². The molecule has 502 valence electrons. The highest BCUT2D eigenvalue weighted by Gasteiger charge is 2.47. The summed E-state index contributed by atoms with van der Waals surface area (Å²) in [5, 5.41) is 57.2. The van der Waals surface area contributed by atoms with Crippen molar-refractivity contribution in [1.29, 1.82) is 0 Å². The van der Waals surface area contributed by atoms with Crippen LogP contribution in [0.1, 0.15) is 310 Å². The fraction of sp³-hybridized carbons (Fsp3) is 0.763. The van der Waals surface area contributed by atoms with Gasteiger partial charge in [-0.25, -0.2) is 0 Å². The Kier molecular flexibility index (Phi) is 58.9. The molecule has 0 aromatic carbocycles. The zero-order valence-electron chi connectivity index (χ0n) is 55.9.